The summed E-state index contributed by atoms with van der Waals surface area (Å²) < 4.78 is 5.49. The van der Waals surface area contributed by atoms with Crippen LogP contribution in [0.25, 0.3) is 0 Å². The molecule has 0 saturated carbocycles. The van der Waals surface area contributed by atoms with E-state index in [1.54, 1.807) is 42.5 Å². The van der Waals surface area contributed by atoms with Crippen LogP contribution in [0.4, 0.5) is 5.69 Å². The maximum Gasteiger partial charge on any atom is 0.259 e. The monoisotopic (exact) mass is 388 g/mol. The van der Waals surface area contributed by atoms with Crippen LogP contribution >= 0.6 is 11.6 Å². The molecular formula is C21H25ClN2O3. The third-order valence-electron chi connectivity index (χ3n) is 3.92. The third kappa shape index (κ3) is 6.00. The Kier molecular flexibility index (Phi) is 7.67. The highest BCUT2D eigenvalue weighted by Crippen LogP contribution is 2.25. The average Bonchev–Trinajstić information content (AvgIpc) is 2.63. The fraction of sp³-hybridized carbons (Fsp3) is 0.333. The first kappa shape index (κ1) is 20.8. The molecule has 0 unspecified atom stereocenters. The Bertz CT molecular complexity index is 806. The molecule has 2 N–H and O–H groups in total. The van der Waals surface area contributed by atoms with E-state index >= 15 is 0 Å². The molecule has 0 atom stereocenters. The van der Waals surface area contributed by atoms with Crippen LogP contribution in [0.15, 0.2) is 42.5 Å². The molecule has 6 heteroatoms. The zero-order valence-corrected chi connectivity index (χ0v) is 16.6. The minimum absolute atomic E-state index is 0.197. The number of para-hydroxylation sites is 1. The molecule has 0 bridgehead atoms. The van der Waals surface area contributed by atoms with E-state index in [2.05, 4.69) is 24.5 Å². The van der Waals surface area contributed by atoms with Crippen LogP contribution in [0.1, 0.15) is 47.9 Å². The molecule has 0 aliphatic heterocycles. The first-order valence-corrected chi connectivity index (χ1v) is 9.41. The molecule has 27 heavy (non-hydrogen) atoms. The van der Waals surface area contributed by atoms with Crippen molar-refractivity contribution in [3.05, 3.63) is 58.6 Å². The Hall–Kier alpha value is -2.53. The zero-order chi connectivity index (χ0) is 19.8. The Morgan fingerprint density at radius 2 is 1.85 bits per heavy atom. The summed E-state index contributed by atoms with van der Waals surface area (Å²) in [7, 11) is 0. The normalized spacial score (nSPS) is 10.6. The Balaban J connectivity index is 2.14. The van der Waals surface area contributed by atoms with Crippen molar-refractivity contribution in [3.8, 4) is 5.75 Å². The summed E-state index contributed by atoms with van der Waals surface area (Å²) in [6, 6.07) is 11.8. The number of ether oxygens (including phenoxy) is 1. The molecule has 0 aliphatic carbocycles. The van der Waals surface area contributed by atoms with E-state index in [1.807, 2.05) is 6.92 Å². The van der Waals surface area contributed by atoms with Gasteiger partial charge in [0, 0.05) is 12.1 Å². The van der Waals surface area contributed by atoms with E-state index in [9.17, 15) is 9.59 Å². The van der Waals surface area contributed by atoms with Gasteiger partial charge in [-0.2, -0.15) is 0 Å². The molecule has 0 fully saturated rings. The molecule has 0 heterocycles. The summed E-state index contributed by atoms with van der Waals surface area (Å²) in [5.41, 5.74) is 1.23. The Morgan fingerprint density at radius 1 is 1.11 bits per heavy atom. The van der Waals surface area contributed by atoms with Gasteiger partial charge >= 0.3 is 0 Å². The van der Waals surface area contributed by atoms with Crippen molar-refractivity contribution in [2.24, 2.45) is 5.92 Å². The molecule has 2 amide bonds. The first-order valence-electron chi connectivity index (χ1n) is 9.03. The lowest BCUT2D eigenvalue weighted by Gasteiger charge is -2.13. The standard InChI is InChI=1S/C21H25ClN2O3/c1-4-27-19-8-6-5-7-16(19)21(26)24-18-13-15(9-10-17(18)22)20(25)23-12-11-14(2)3/h5-10,13-14H,4,11-12H2,1-3H3,(H,23,25)(H,24,26). The molecule has 2 aromatic rings. The number of carbonyl (C=O) groups excluding carboxylic acids is 2. The summed E-state index contributed by atoms with van der Waals surface area (Å²) in [6.45, 7) is 7.11. The van der Waals surface area contributed by atoms with Gasteiger partial charge in [-0.25, -0.2) is 0 Å². The van der Waals surface area contributed by atoms with Crippen LogP contribution < -0.4 is 15.4 Å². The summed E-state index contributed by atoms with van der Waals surface area (Å²) in [5, 5.41) is 5.99. The Labute approximate surface area is 165 Å². The summed E-state index contributed by atoms with van der Waals surface area (Å²) in [6.07, 6.45) is 0.900. The molecule has 144 valence electrons. The van der Waals surface area contributed by atoms with Crippen molar-refractivity contribution < 1.29 is 14.3 Å². The Morgan fingerprint density at radius 3 is 2.56 bits per heavy atom. The maximum absolute atomic E-state index is 12.6. The second kappa shape index (κ2) is 9.97. The van der Waals surface area contributed by atoms with E-state index in [1.165, 1.54) is 0 Å². The molecule has 5 nitrogen and oxygen atoms in total. The van der Waals surface area contributed by atoms with E-state index in [-0.39, 0.29) is 11.8 Å². The molecule has 2 aromatic carbocycles. The number of amides is 2. The number of hydrogen-bond donors (Lipinski definition) is 2. The number of carbonyl (C=O) groups is 2. The highest BCUT2D eigenvalue weighted by molar-refractivity contribution is 6.34. The van der Waals surface area contributed by atoms with Crippen molar-refractivity contribution in [1.82, 2.24) is 5.32 Å². The third-order valence-corrected chi connectivity index (χ3v) is 4.25. The number of halogens is 1. The molecule has 0 saturated heterocycles. The van der Waals surface area contributed by atoms with Crippen molar-refractivity contribution >= 4 is 29.1 Å². The average molecular weight is 389 g/mol. The van der Waals surface area contributed by atoms with Crippen molar-refractivity contribution in [3.63, 3.8) is 0 Å². The first-order chi connectivity index (χ1) is 12.9. The molecule has 0 spiro atoms. The lowest BCUT2D eigenvalue weighted by atomic mass is 10.1. The number of rotatable bonds is 8. The van der Waals surface area contributed by atoms with Gasteiger partial charge in [0.25, 0.3) is 11.8 Å². The molecule has 0 aliphatic rings. The molecular weight excluding hydrogens is 364 g/mol. The van der Waals surface area contributed by atoms with Crippen molar-refractivity contribution in [1.29, 1.82) is 0 Å². The van der Waals surface area contributed by atoms with Crippen LogP contribution in [0.3, 0.4) is 0 Å². The molecule has 2 rings (SSSR count). The number of benzene rings is 2. The molecule has 0 radical (unpaired) electrons. The van der Waals surface area contributed by atoms with E-state index < -0.39 is 0 Å². The predicted molar refractivity (Wildman–Crippen MR) is 109 cm³/mol. The lowest BCUT2D eigenvalue weighted by Crippen LogP contribution is -2.25. The van der Waals surface area contributed by atoms with Crippen LogP contribution in [0.2, 0.25) is 5.02 Å². The van der Waals surface area contributed by atoms with Gasteiger partial charge < -0.3 is 15.4 Å². The molecule has 0 aromatic heterocycles. The van der Waals surface area contributed by atoms with Crippen molar-refractivity contribution in [2.45, 2.75) is 27.2 Å². The van der Waals surface area contributed by atoms with Gasteiger partial charge in [0.15, 0.2) is 0 Å². The van der Waals surface area contributed by atoms with Gasteiger partial charge in [-0.15, -0.1) is 0 Å². The highest BCUT2D eigenvalue weighted by atomic mass is 35.5. The maximum atomic E-state index is 12.6. The van der Waals surface area contributed by atoms with Crippen LogP contribution in [0, 0.1) is 5.92 Å². The summed E-state index contributed by atoms with van der Waals surface area (Å²) in [5.74, 6) is 0.461. The minimum Gasteiger partial charge on any atom is -0.493 e. The largest absolute Gasteiger partial charge is 0.493 e. The second-order valence-electron chi connectivity index (χ2n) is 6.52. The predicted octanol–water partition coefficient (Wildman–Crippen LogP) is 4.77. The fourth-order valence-corrected chi connectivity index (χ4v) is 2.63. The van der Waals surface area contributed by atoms with Gasteiger partial charge in [0.1, 0.15) is 5.75 Å². The van der Waals surface area contributed by atoms with Crippen LogP contribution in [-0.2, 0) is 0 Å². The van der Waals surface area contributed by atoms with Crippen LogP contribution in [-0.4, -0.2) is 25.0 Å². The van der Waals surface area contributed by atoms with Crippen molar-refractivity contribution in [2.75, 3.05) is 18.5 Å². The number of hydrogen-bond acceptors (Lipinski definition) is 3. The van der Waals surface area contributed by atoms with Gasteiger partial charge in [0.2, 0.25) is 0 Å². The van der Waals surface area contributed by atoms with Gasteiger partial charge in [0.05, 0.1) is 22.9 Å². The minimum atomic E-state index is -0.349. The highest BCUT2D eigenvalue weighted by Gasteiger charge is 2.15. The summed E-state index contributed by atoms with van der Waals surface area (Å²) in [4.78, 5) is 24.9. The van der Waals surface area contributed by atoms with E-state index in [4.69, 9.17) is 16.3 Å². The topological polar surface area (TPSA) is 67.4 Å². The fourth-order valence-electron chi connectivity index (χ4n) is 2.46. The van der Waals surface area contributed by atoms with E-state index in [0.717, 1.165) is 6.42 Å². The quantitative estimate of drug-likeness (QED) is 0.684. The van der Waals surface area contributed by atoms with Gasteiger partial charge in [-0.1, -0.05) is 37.6 Å². The van der Waals surface area contributed by atoms with Gasteiger partial charge in [-0.05, 0) is 49.6 Å². The van der Waals surface area contributed by atoms with Gasteiger partial charge in [-0.3, -0.25) is 9.59 Å². The van der Waals surface area contributed by atoms with E-state index in [0.29, 0.717) is 46.7 Å². The second-order valence-corrected chi connectivity index (χ2v) is 6.92. The SMILES string of the molecule is CCOc1ccccc1C(=O)Nc1cc(C(=O)NCCC(C)C)ccc1Cl. The smallest absolute Gasteiger partial charge is 0.259 e. The lowest BCUT2D eigenvalue weighted by molar-refractivity contribution is 0.0950. The van der Waals surface area contributed by atoms with Crippen LogP contribution in [0.5, 0.6) is 5.75 Å². The number of nitrogens with one attached hydrogen (secondary N) is 2. The number of anilines is 1. The summed E-state index contributed by atoms with van der Waals surface area (Å²) >= 11 is 6.20. The zero-order valence-electron chi connectivity index (χ0n) is 15.8.